The molecular weight excluding hydrogens is 444 g/mol. The molecule has 0 aromatic heterocycles. The van der Waals surface area contributed by atoms with Crippen molar-refractivity contribution in [2.24, 2.45) is 5.92 Å². The van der Waals surface area contributed by atoms with Gasteiger partial charge in [-0.25, -0.2) is 9.59 Å². The smallest absolute Gasteiger partial charge is 0.338 e. The largest absolute Gasteiger partial charge is 0.463 e. The van der Waals surface area contributed by atoms with E-state index >= 15 is 0 Å². The van der Waals surface area contributed by atoms with Crippen molar-refractivity contribution in [3.05, 3.63) is 46.7 Å². The summed E-state index contributed by atoms with van der Waals surface area (Å²) >= 11 is 0. The van der Waals surface area contributed by atoms with E-state index in [1.807, 2.05) is 43.0 Å². The van der Waals surface area contributed by atoms with Crippen molar-refractivity contribution < 1.29 is 19.1 Å². The zero-order valence-corrected chi connectivity index (χ0v) is 22.0. The summed E-state index contributed by atoms with van der Waals surface area (Å²) in [4.78, 5) is 44.2. The van der Waals surface area contributed by atoms with Crippen LogP contribution in [0.15, 0.2) is 35.5 Å². The second-order valence-corrected chi connectivity index (χ2v) is 10.1. The molecule has 1 aromatic rings. The minimum atomic E-state index is -0.581. The van der Waals surface area contributed by atoms with Crippen LogP contribution in [0.2, 0.25) is 0 Å². The van der Waals surface area contributed by atoms with Gasteiger partial charge < -0.3 is 15.0 Å². The maximum atomic E-state index is 13.2. The molecule has 3 amide bonds. The Morgan fingerprint density at radius 2 is 1.69 bits per heavy atom. The summed E-state index contributed by atoms with van der Waals surface area (Å²) in [6.45, 7) is 13.5. The second kappa shape index (κ2) is 11.7. The number of carbonyl (C=O) groups is 3. The van der Waals surface area contributed by atoms with Crippen molar-refractivity contribution in [1.29, 1.82) is 0 Å². The lowest BCUT2D eigenvalue weighted by atomic mass is 9.92. The van der Waals surface area contributed by atoms with E-state index in [9.17, 15) is 14.4 Å². The van der Waals surface area contributed by atoms with Gasteiger partial charge in [0.25, 0.3) is 0 Å². The fraction of sp³-hybridized carbons (Fsp3) is 0.593. The molecule has 8 nitrogen and oxygen atoms in total. The van der Waals surface area contributed by atoms with Crippen molar-refractivity contribution >= 4 is 17.9 Å². The summed E-state index contributed by atoms with van der Waals surface area (Å²) in [5.74, 6) is 0.486. The van der Waals surface area contributed by atoms with Gasteiger partial charge in [0.1, 0.15) is 0 Å². The van der Waals surface area contributed by atoms with E-state index in [-0.39, 0.29) is 18.5 Å². The topological polar surface area (TPSA) is 82.2 Å². The number of benzene rings is 1. The average Bonchev–Trinajstić information content (AvgIpc) is 2.82. The molecule has 0 aliphatic carbocycles. The highest BCUT2D eigenvalue weighted by atomic mass is 16.5. The second-order valence-electron chi connectivity index (χ2n) is 10.1. The molecule has 3 rings (SSSR count). The Morgan fingerprint density at radius 3 is 2.23 bits per heavy atom. The zero-order chi connectivity index (χ0) is 25.7. The molecule has 0 radical (unpaired) electrons. The number of urea groups is 1. The molecule has 0 spiro atoms. The van der Waals surface area contributed by atoms with Crippen molar-refractivity contribution in [2.75, 3.05) is 46.4 Å². The molecule has 1 saturated heterocycles. The Balaban J connectivity index is 1.87. The summed E-state index contributed by atoms with van der Waals surface area (Å²) in [6, 6.07) is 7.20. The zero-order valence-electron chi connectivity index (χ0n) is 22.0. The van der Waals surface area contributed by atoms with Gasteiger partial charge in [-0.05, 0) is 29.9 Å². The lowest BCUT2D eigenvalue weighted by Gasteiger charge is -2.39. The molecule has 8 heteroatoms. The Morgan fingerprint density at radius 1 is 1.06 bits per heavy atom. The molecular formula is C27H40N4O4. The molecule has 1 aromatic carbocycles. The molecule has 35 heavy (non-hydrogen) atoms. The maximum absolute atomic E-state index is 13.2. The molecule has 0 bridgehead atoms. The summed E-state index contributed by atoms with van der Waals surface area (Å²) < 4.78 is 5.44. The Labute approximate surface area is 209 Å². The van der Waals surface area contributed by atoms with Crippen LogP contribution in [-0.4, -0.2) is 79.0 Å². The monoisotopic (exact) mass is 484 g/mol. The molecule has 0 saturated carbocycles. The van der Waals surface area contributed by atoms with Crippen molar-refractivity contribution in [3.63, 3.8) is 0 Å². The SMILES string of the molecule is CCOC(=O)C1=C(CN2CCN(C(=O)CC(C)C)CC2)N(C)C(=O)NC1c1ccc(C(C)C)cc1. The summed E-state index contributed by atoms with van der Waals surface area (Å²) in [7, 11) is 1.68. The van der Waals surface area contributed by atoms with Crippen LogP contribution in [0.4, 0.5) is 4.79 Å². The number of ether oxygens (including phenoxy) is 1. The Kier molecular flexibility index (Phi) is 8.94. The predicted molar refractivity (Wildman–Crippen MR) is 136 cm³/mol. The van der Waals surface area contributed by atoms with Crippen LogP contribution in [0.25, 0.3) is 0 Å². The first-order valence-electron chi connectivity index (χ1n) is 12.7. The number of piperazine rings is 1. The third-order valence-electron chi connectivity index (χ3n) is 6.69. The van der Waals surface area contributed by atoms with Crippen LogP contribution >= 0.6 is 0 Å². The minimum absolute atomic E-state index is 0.185. The van der Waals surface area contributed by atoms with Crippen LogP contribution in [0.5, 0.6) is 0 Å². The third kappa shape index (κ3) is 6.42. The van der Waals surface area contributed by atoms with Crippen LogP contribution in [0.1, 0.15) is 64.1 Å². The standard InChI is InChI=1S/C27H40N4O4/c1-7-35-26(33)24-22(17-30-12-14-31(15-13-30)23(32)16-18(2)3)29(6)27(34)28-25(24)21-10-8-20(9-11-21)19(4)5/h8-11,18-19,25H,7,12-17H2,1-6H3,(H,28,34). The van der Waals surface area contributed by atoms with Gasteiger partial charge in [-0.3, -0.25) is 14.6 Å². The van der Waals surface area contributed by atoms with Gasteiger partial charge in [-0.15, -0.1) is 0 Å². The number of esters is 1. The number of hydrogen-bond acceptors (Lipinski definition) is 5. The molecule has 192 valence electrons. The third-order valence-corrected chi connectivity index (χ3v) is 6.69. The van der Waals surface area contributed by atoms with E-state index in [4.69, 9.17) is 4.74 Å². The quantitative estimate of drug-likeness (QED) is 0.571. The number of carbonyl (C=O) groups excluding carboxylic acids is 3. The van der Waals surface area contributed by atoms with Gasteiger partial charge in [0.15, 0.2) is 0 Å². The van der Waals surface area contributed by atoms with Gasteiger partial charge in [-0.1, -0.05) is 52.0 Å². The summed E-state index contributed by atoms with van der Waals surface area (Å²) in [6.07, 6.45) is 0.554. The van der Waals surface area contributed by atoms with Crippen LogP contribution in [0, 0.1) is 5.92 Å². The predicted octanol–water partition coefficient (Wildman–Crippen LogP) is 3.51. The summed E-state index contributed by atoms with van der Waals surface area (Å²) in [5, 5.41) is 2.98. The highest BCUT2D eigenvalue weighted by Crippen LogP contribution is 2.32. The highest BCUT2D eigenvalue weighted by molar-refractivity contribution is 5.95. The van der Waals surface area contributed by atoms with E-state index in [0.29, 0.717) is 62.3 Å². The lowest BCUT2D eigenvalue weighted by Crippen LogP contribution is -2.53. The first kappa shape index (κ1) is 26.7. The van der Waals surface area contributed by atoms with E-state index in [0.717, 1.165) is 5.56 Å². The van der Waals surface area contributed by atoms with Crippen LogP contribution < -0.4 is 5.32 Å². The molecule has 1 N–H and O–H groups in total. The molecule has 1 fully saturated rings. The van der Waals surface area contributed by atoms with E-state index in [1.165, 1.54) is 10.5 Å². The first-order chi connectivity index (χ1) is 16.6. The van der Waals surface area contributed by atoms with Crippen LogP contribution in [0.3, 0.4) is 0 Å². The summed E-state index contributed by atoms with van der Waals surface area (Å²) in [5.41, 5.74) is 3.15. The van der Waals surface area contributed by atoms with E-state index in [1.54, 1.807) is 14.0 Å². The fourth-order valence-corrected chi connectivity index (χ4v) is 4.57. The number of hydrogen-bond donors (Lipinski definition) is 1. The van der Waals surface area contributed by atoms with Gasteiger partial charge >= 0.3 is 12.0 Å². The molecule has 1 atom stereocenters. The lowest BCUT2D eigenvalue weighted by molar-refractivity contribution is -0.139. The number of rotatable bonds is 8. The van der Waals surface area contributed by atoms with Crippen molar-refractivity contribution in [3.8, 4) is 0 Å². The fourth-order valence-electron chi connectivity index (χ4n) is 4.57. The Bertz CT molecular complexity index is 946. The van der Waals surface area contributed by atoms with E-state index in [2.05, 4.69) is 24.1 Å². The molecule has 2 aliphatic heterocycles. The molecule has 2 heterocycles. The van der Waals surface area contributed by atoms with Gasteiger partial charge in [0, 0.05) is 51.9 Å². The highest BCUT2D eigenvalue weighted by Gasteiger charge is 2.37. The van der Waals surface area contributed by atoms with Crippen molar-refractivity contribution in [2.45, 2.75) is 53.0 Å². The number of nitrogens with zero attached hydrogens (tertiary/aromatic N) is 3. The first-order valence-corrected chi connectivity index (χ1v) is 12.7. The van der Waals surface area contributed by atoms with Gasteiger partial charge in [0.05, 0.1) is 18.2 Å². The van der Waals surface area contributed by atoms with E-state index < -0.39 is 12.0 Å². The minimum Gasteiger partial charge on any atom is -0.463 e. The normalized spacial score (nSPS) is 19.4. The van der Waals surface area contributed by atoms with Gasteiger partial charge in [0.2, 0.25) is 5.91 Å². The average molecular weight is 485 g/mol. The number of likely N-dealkylation sites (N-methyl/N-ethyl adjacent to an activating group) is 1. The molecule has 2 aliphatic rings. The maximum Gasteiger partial charge on any atom is 0.338 e. The van der Waals surface area contributed by atoms with Crippen molar-refractivity contribution in [1.82, 2.24) is 20.0 Å². The number of nitrogens with one attached hydrogen (secondary N) is 1. The number of amides is 3. The molecule has 1 unspecified atom stereocenters. The van der Waals surface area contributed by atoms with Crippen LogP contribution in [-0.2, 0) is 14.3 Å². The Hall–Kier alpha value is -2.87. The van der Waals surface area contributed by atoms with Gasteiger partial charge in [-0.2, -0.15) is 0 Å².